The van der Waals surface area contributed by atoms with Crippen LogP contribution in [0, 0.1) is 0 Å². The first-order valence-corrected chi connectivity index (χ1v) is 8.26. The largest absolute Gasteiger partial charge is 0.459 e. The van der Waals surface area contributed by atoms with E-state index in [1.165, 1.54) is 18.4 Å². The summed E-state index contributed by atoms with van der Waals surface area (Å²) in [5.41, 5.74) is -0.0336. The van der Waals surface area contributed by atoms with Gasteiger partial charge in [-0.25, -0.2) is 0 Å². The van der Waals surface area contributed by atoms with Gasteiger partial charge in [0.25, 0.3) is 5.91 Å². The molecular formula is C18H19F3N2O2. The third-order valence-corrected chi connectivity index (χ3v) is 4.26. The van der Waals surface area contributed by atoms with Crippen LogP contribution in [0.4, 0.5) is 24.5 Å². The Kier molecular flexibility index (Phi) is 5.01. The van der Waals surface area contributed by atoms with Gasteiger partial charge in [-0.2, -0.15) is 13.2 Å². The van der Waals surface area contributed by atoms with Gasteiger partial charge >= 0.3 is 6.18 Å². The molecule has 134 valence electrons. The molecule has 2 heterocycles. The molecule has 1 N–H and O–H groups in total. The Balaban J connectivity index is 1.94. The van der Waals surface area contributed by atoms with E-state index in [0.717, 1.165) is 50.9 Å². The van der Waals surface area contributed by atoms with Crippen molar-refractivity contribution in [1.29, 1.82) is 0 Å². The molecule has 2 aromatic rings. The SMILES string of the molecule is O=C(Nc1cc(C(F)(F)F)ccc1N1CCCCCC1)c1ccco1. The molecule has 1 aliphatic heterocycles. The van der Waals surface area contributed by atoms with Gasteiger partial charge in [0.2, 0.25) is 0 Å². The van der Waals surface area contributed by atoms with E-state index in [1.54, 1.807) is 6.07 Å². The molecule has 4 nitrogen and oxygen atoms in total. The highest BCUT2D eigenvalue weighted by Gasteiger charge is 2.32. The summed E-state index contributed by atoms with van der Waals surface area (Å²) < 4.78 is 44.2. The molecule has 1 aromatic heterocycles. The molecule has 0 bridgehead atoms. The van der Waals surface area contributed by atoms with Crippen molar-refractivity contribution in [3.8, 4) is 0 Å². The second-order valence-corrected chi connectivity index (χ2v) is 6.06. The monoisotopic (exact) mass is 352 g/mol. The molecule has 0 unspecified atom stereocenters. The highest BCUT2D eigenvalue weighted by Crippen LogP contribution is 2.36. The molecule has 0 atom stereocenters. The van der Waals surface area contributed by atoms with Crippen molar-refractivity contribution in [3.63, 3.8) is 0 Å². The Morgan fingerprint density at radius 3 is 2.40 bits per heavy atom. The maximum Gasteiger partial charge on any atom is 0.416 e. The normalized spacial score (nSPS) is 15.7. The molecule has 1 fully saturated rings. The van der Waals surface area contributed by atoms with Crippen molar-refractivity contribution in [1.82, 2.24) is 0 Å². The molecule has 1 amide bonds. The number of halogens is 3. The number of hydrogen-bond acceptors (Lipinski definition) is 3. The Bertz CT molecular complexity index is 718. The van der Waals surface area contributed by atoms with Crippen molar-refractivity contribution in [3.05, 3.63) is 47.9 Å². The smallest absolute Gasteiger partial charge is 0.416 e. The molecule has 7 heteroatoms. The molecule has 1 aromatic carbocycles. The van der Waals surface area contributed by atoms with E-state index in [2.05, 4.69) is 5.32 Å². The van der Waals surface area contributed by atoms with E-state index in [9.17, 15) is 18.0 Å². The van der Waals surface area contributed by atoms with Crippen LogP contribution in [0.1, 0.15) is 41.8 Å². The Morgan fingerprint density at radius 1 is 1.08 bits per heavy atom. The third-order valence-electron chi connectivity index (χ3n) is 4.26. The minimum atomic E-state index is -4.47. The van der Waals surface area contributed by atoms with Gasteiger partial charge in [-0.1, -0.05) is 12.8 Å². The van der Waals surface area contributed by atoms with Crippen molar-refractivity contribution < 1.29 is 22.4 Å². The number of benzene rings is 1. The lowest BCUT2D eigenvalue weighted by molar-refractivity contribution is -0.137. The Morgan fingerprint density at radius 2 is 1.80 bits per heavy atom. The van der Waals surface area contributed by atoms with Crippen LogP contribution in [0.15, 0.2) is 41.0 Å². The lowest BCUT2D eigenvalue weighted by Gasteiger charge is -2.26. The summed E-state index contributed by atoms with van der Waals surface area (Å²) in [6.45, 7) is 1.52. The van der Waals surface area contributed by atoms with Crippen molar-refractivity contribution in [2.24, 2.45) is 0 Å². The third kappa shape index (κ3) is 4.15. The highest BCUT2D eigenvalue weighted by atomic mass is 19.4. The van der Waals surface area contributed by atoms with Gasteiger partial charge in [0, 0.05) is 13.1 Å². The summed E-state index contributed by atoms with van der Waals surface area (Å²) in [5, 5.41) is 2.57. The molecule has 0 spiro atoms. The average molecular weight is 352 g/mol. The predicted octanol–water partition coefficient (Wildman–Crippen LogP) is 4.93. The maximum atomic E-state index is 13.1. The van der Waals surface area contributed by atoms with E-state index >= 15 is 0 Å². The fourth-order valence-electron chi connectivity index (χ4n) is 2.99. The number of rotatable bonds is 3. The summed E-state index contributed by atoms with van der Waals surface area (Å²) in [6, 6.07) is 6.50. The van der Waals surface area contributed by atoms with Crippen LogP contribution >= 0.6 is 0 Å². The zero-order valence-electron chi connectivity index (χ0n) is 13.6. The number of anilines is 2. The predicted molar refractivity (Wildman–Crippen MR) is 88.8 cm³/mol. The standard InChI is InChI=1S/C18H19F3N2O2/c19-18(20,21)13-7-8-15(23-9-3-1-2-4-10-23)14(12-13)22-17(24)16-6-5-11-25-16/h5-8,11-12H,1-4,9-10H2,(H,22,24). The van der Waals surface area contributed by atoms with Crippen LogP contribution in [0.5, 0.6) is 0 Å². The molecule has 25 heavy (non-hydrogen) atoms. The topological polar surface area (TPSA) is 45.5 Å². The number of hydrogen-bond donors (Lipinski definition) is 1. The summed E-state index contributed by atoms with van der Waals surface area (Å²) in [7, 11) is 0. The van der Waals surface area contributed by atoms with E-state index in [4.69, 9.17) is 4.42 Å². The van der Waals surface area contributed by atoms with Crippen LogP contribution in [-0.4, -0.2) is 19.0 Å². The van der Waals surface area contributed by atoms with Gasteiger partial charge < -0.3 is 14.6 Å². The fourth-order valence-corrected chi connectivity index (χ4v) is 2.99. The molecule has 0 saturated carbocycles. The number of carbonyl (C=O) groups excluding carboxylic acids is 1. The Hall–Kier alpha value is -2.44. The first kappa shape index (κ1) is 17.4. The van der Waals surface area contributed by atoms with E-state index in [-0.39, 0.29) is 11.4 Å². The molecular weight excluding hydrogens is 333 g/mol. The summed E-state index contributed by atoms with van der Waals surface area (Å²) in [4.78, 5) is 14.3. The van der Waals surface area contributed by atoms with Gasteiger partial charge in [0.15, 0.2) is 5.76 Å². The molecule has 0 aliphatic carbocycles. The van der Waals surface area contributed by atoms with Gasteiger partial charge in [-0.05, 0) is 43.2 Å². The van der Waals surface area contributed by atoms with Gasteiger partial charge in [0.1, 0.15) is 0 Å². The number of amides is 1. The van der Waals surface area contributed by atoms with Gasteiger partial charge in [0.05, 0.1) is 23.2 Å². The summed E-state index contributed by atoms with van der Waals surface area (Å²) >= 11 is 0. The maximum absolute atomic E-state index is 13.1. The number of nitrogens with one attached hydrogen (secondary N) is 1. The zero-order valence-corrected chi connectivity index (χ0v) is 13.6. The lowest BCUT2D eigenvalue weighted by atomic mass is 10.1. The zero-order chi connectivity index (χ0) is 17.9. The van der Waals surface area contributed by atoms with Crippen LogP contribution in [-0.2, 0) is 6.18 Å². The van der Waals surface area contributed by atoms with Gasteiger partial charge in [-0.3, -0.25) is 4.79 Å². The number of carbonyl (C=O) groups is 1. The Labute approximate surface area is 143 Å². The summed E-state index contributed by atoms with van der Waals surface area (Å²) in [5.74, 6) is -0.514. The van der Waals surface area contributed by atoms with E-state index < -0.39 is 17.6 Å². The van der Waals surface area contributed by atoms with Crippen LogP contribution in [0.3, 0.4) is 0 Å². The second-order valence-electron chi connectivity index (χ2n) is 6.06. The number of nitrogens with zero attached hydrogens (tertiary/aromatic N) is 1. The fraction of sp³-hybridized carbons (Fsp3) is 0.389. The van der Waals surface area contributed by atoms with Gasteiger partial charge in [-0.15, -0.1) is 0 Å². The van der Waals surface area contributed by atoms with Crippen LogP contribution in [0.25, 0.3) is 0 Å². The number of furan rings is 1. The second kappa shape index (κ2) is 7.21. The quantitative estimate of drug-likeness (QED) is 0.852. The van der Waals surface area contributed by atoms with Crippen LogP contribution < -0.4 is 10.2 Å². The number of alkyl halides is 3. The van der Waals surface area contributed by atoms with Crippen molar-refractivity contribution >= 4 is 17.3 Å². The minimum Gasteiger partial charge on any atom is -0.459 e. The van der Waals surface area contributed by atoms with E-state index in [0.29, 0.717) is 5.69 Å². The van der Waals surface area contributed by atoms with Crippen LogP contribution in [0.2, 0.25) is 0 Å². The molecule has 0 radical (unpaired) electrons. The van der Waals surface area contributed by atoms with Crippen molar-refractivity contribution in [2.45, 2.75) is 31.9 Å². The highest BCUT2D eigenvalue weighted by molar-refractivity contribution is 6.04. The van der Waals surface area contributed by atoms with Crippen molar-refractivity contribution in [2.75, 3.05) is 23.3 Å². The first-order valence-electron chi connectivity index (χ1n) is 8.26. The van der Waals surface area contributed by atoms with E-state index in [1.807, 2.05) is 4.90 Å². The minimum absolute atomic E-state index is 0.0548. The molecule has 1 aliphatic rings. The molecule has 3 rings (SSSR count). The molecule has 1 saturated heterocycles. The lowest BCUT2D eigenvalue weighted by Crippen LogP contribution is -2.26. The summed E-state index contributed by atoms with van der Waals surface area (Å²) in [6.07, 6.45) is 1.04. The average Bonchev–Trinajstić information content (AvgIpc) is 2.97. The first-order chi connectivity index (χ1) is 11.9.